The standard InChI is InChI=1S/C29H44N4.C8H16.C2H7N.C2H6.C2H2/c1-6-10-29(30)33-21-27(28(33)19-25-12-8-17-31-20-25)24(5)32(7-2)18-9-11-23(4)26-15-13-22(3)14-16-26;1-5-6-8(4)7(2)3;1-3-2;2*1-2/h6,8,10,12-16,23,25,27-28,30-31H,5,7,9,11,17-21H2,1-4H3;6-7H,5H2,1-4H3;3H,1-2H3;1-2H3;1-2H/b10-6-,30-29?;8-6-;;;/t23?,25?,27?,28-;;;;/m0..../s1. The van der Waals surface area contributed by atoms with Gasteiger partial charge in [-0.2, -0.15) is 0 Å². The summed E-state index contributed by atoms with van der Waals surface area (Å²) in [5.74, 6) is 2.91. The fourth-order valence-corrected chi connectivity index (χ4v) is 5.80. The van der Waals surface area contributed by atoms with Crippen molar-refractivity contribution in [2.75, 3.05) is 46.8 Å². The van der Waals surface area contributed by atoms with Crippen LogP contribution < -0.4 is 10.6 Å². The Balaban J connectivity index is 0. The maximum absolute atomic E-state index is 8.49. The molecule has 0 amide bonds. The van der Waals surface area contributed by atoms with Crippen LogP contribution in [0.2, 0.25) is 0 Å². The molecule has 3 N–H and O–H groups in total. The number of nitrogens with one attached hydrogen (secondary N) is 3. The number of likely N-dealkylation sites (tertiary alicyclic amines) is 1. The number of aryl methyl sites for hydroxylation is 1. The summed E-state index contributed by atoms with van der Waals surface area (Å²) in [5, 5.41) is 14.7. The molecule has 0 radical (unpaired) electrons. The van der Waals surface area contributed by atoms with Crippen LogP contribution in [0.1, 0.15) is 105 Å². The second-order valence-corrected chi connectivity index (χ2v) is 12.8. The van der Waals surface area contributed by atoms with Gasteiger partial charge in [-0.3, -0.25) is 5.41 Å². The highest BCUT2D eigenvalue weighted by Gasteiger charge is 2.43. The van der Waals surface area contributed by atoms with Gasteiger partial charge in [0.15, 0.2) is 0 Å². The highest BCUT2D eigenvalue weighted by molar-refractivity contribution is 5.91. The molecule has 2 heterocycles. The topological polar surface area (TPSA) is 54.4 Å². The molecule has 0 aliphatic carbocycles. The Kier molecular flexibility index (Phi) is 28.3. The number of terminal acetylenes is 1. The van der Waals surface area contributed by atoms with Crippen molar-refractivity contribution in [3.05, 3.63) is 83.6 Å². The predicted octanol–water partition coefficient (Wildman–Crippen LogP) is 9.84. The molecule has 0 aromatic heterocycles. The summed E-state index contributed by atoms with van der Waals surface area (Å²) in [6, 6.07) is 9.35. The van der Waals surface area contributed by atoms with E-state index in [1.165, 1.54) is 41.7 Å². The first kappa shape index (κ1) is 47.0. The molecule has 48 heavy (non-hydrogen) atoms. The molecule has 272 valence electrons. The number of nitrogens with zero attached hydrogens (tertiary/aromatic N) is 2. The van der Waals surface area contributed by atoms with Gasteiger partial charge < -0.3 is 20.4 Å². The predicted molar refractivity (Wildman–Crippen MR) is 217 cm³/mol. The van der Waals surface area contributed by atoms with Gasteiger partial charge in [-0.05, 0) is 96.9 Å². The van der Waals surface area contributed by atoms with Gasteiger partial charge in [0.2, 0.25) is 0 Å². The number of rotatable bonds is 13. The maximum atomic E-state index is 8.49. The fraction of sp³-hybridized carbons (Fsp3) is 0.605. The molecule has 0 bridgehead atoms. The van der Waals surface area contributed by atoms with E-state index in [2.05, 4.69) is 131 Å². The zero-order valence-electron chi connectivity index (χ0n) is 33.2. The monoisotopic (exact) mass is 662 g/mol. The average Bonchev–Trinajstić information content (AvgIpc) is 3.08. The van der Waals surface area contributed by atoms with E-state index in [1.54, 1.807) is 0 Å². The minimum Gasteiger partial charge on any atom is -0.375 e. The van der Waals surface area contributed by atoms with Crippen LogP contribution in [-0.4, -0.2) is 68.5 Å². The summed E-state index contributed by atoms with van der Waals surface area (Å²) in [6.45, 7) is 31.1. The molecular weight excluding hydrogens is 587 g/mol. The smallest absolute Gasteiger partial charge is 0.120 e. The Morgan fingerprint density at radius 3 is 2.21 bits per heavy atom. The molecule has 5 heteroatoms. The normalized spacial score (nSPS) is 18.8. The van der Waals surface area contributed by atoms with Crippen molar-refractivity contribution in [2.24, 2.45) is 17.8 Å². The van der Waals surface area contributed by atoms with E-state index in [4.69, 9.17) is 5.41 Å². The lowest BCUT2D eigenvalue weighted by atomic mass is 9.79. The minimum atomic E-state index is 0.358. The summed E-state index contributed by atoms with van der Waals surface area (Å²) in [4.78, 5) is 4.76. The summed E-state index contributed by atoms with van der Waals surface area (Å²) in [7, 11) is 3.75. The van der Waals surface area contributed by atoms with Gasteiger partial charge in [0.25, 0.3) is 0 Å². The van der Waals surface area contributed by atoms with Gasteiger partial charge in [0.05, 0.1) is 0 Å². The Bertz CT molecular complexity index is 1080. The maximum Gasteiger partial charge on any atom is 0.120 e. The lowest BCUT2D eigenvalue weighted by molar-refractivity contribution is 0.0725. The summed E-state index contributed by atoms with van der Waals surface area (Å²) in [6.07, 6.45) is 23.4. The van der Waals surface area contributed by atoms with E-state index in [9.17, 15) is 0 Å². The van der Waals surface area contributed by atoms with Crippen molar-refractivity contribution < 1.29 is 0 Å². The molecule has 1 fully saturated rings. The number of amidine groups is 1. The van der Waals surface area contributed by atoms with Crippen LogP contribution in [-0.2, 0) is 0 Å². The van der Waals surface area contributed by atoms with E-state index >= 15 is 0 Å². The molecule has 5 nitrogen and oxygen atoms in total. The zero-order chi connectivity index (χ0) is 37.1. The highest BCUT2D eigenvalue weighted by atomic mass is 15.3. The summed E-state index contributed by atoms with van der Waals surface area (Å²) < 4.78 is 0. The molecule has 2 aliphatic rings. The number of hydrogen-bond donors (Lipinski definition) is 3. The first-order chi connectivity index (χ1) is 23.0. The largest absolute Gasteiger partial charge is 0.375 e. The van der Waals surface area contributed by atoms with Crippen LogP contribution in [0.25, 0.3) is 0 Å². The minimum absolute atomic E-state index is 0.358. The molecule has 4 atom stereocenters. The van der Waals surface area contributed by atoms with E-state index < -0.39 is 0 Å². The highest BCUT2D eigenvalue weighted by Crippen LogP contribution is 2.37. The Labute approximate surface area is 298 Å². The SMILES string of the molecule is C#C.C=C(C1CN(C(=N)/C=C\C)[C@H]1CC1C=CCNC1)N(CC)CCCC(C)c1ccc(C)cc1.CC.CC/C=C(/C)C(C)C.CNC. The summed E-state index contributed by atoms with van der Waals surface area (Å²) >= 11 is 0. The first-order valence-corrected chi connectivity index (χ1v) is 18.5. The van der Waals surface area contributed by atoms with Gasteiger partial charge in [-0.1, -0.05) is 108 Å². The van der Waals surface area contributed by atoms with Crippen molar-refractivity contribution in [1.82, 2.24) is 20.4 Å². The molecule has 1 aromatic carbocycles. The zero-order valence-corrected chi connectivity index (χ0v) is 33.2. The Morgan fingerprint density at radius 2 is 1.75 bits per heavy atom. The van der Waals surface area contributed by atoms with E-state index in [0.717, 1.165) is 45.1 Å². The van der Waals surface area contributed by atoms with Gasteiger partial charge >= 0.3 is 0 Å². The molecule has 1 aromatic rings. The Hall–Kier alpha value is -3.07. The van der Waals surface area contributed by atoms with Crippen LogP contribution in [0.4, 0.5) is 0 Å². The summed E-state index contributed by atoms with van der Waals surface area (Å²) in [5.41, 5.74) is 5.54. The van der Waals surface area contributed by atoms with Crippen molar-refractivity contribution in [3.8, 4) is 12.8 Å². The van der Waals surface area contributed by atoms with Gasteiger partial charge in [-0.15, -0.1) is 12.8 Å². The van der Waals surface area contributed by atoms with Crippen LogP contribution in [0.15, 0.2) is 72.5 Å². The number of hydrogen-bond acceptors (Lipinski definition) is 4. The molecular formula is C43H75N5. The van der Waals surface area contributed by atoms with Crippen LogP contribution >= 0.6 is 0 Å². The number of allylic oxidation sites excluding steroid dienone is 3. The first-order valence-electron chi connectivity index (χ1n) is 18.5. The average molecular weight is 662 g/mol. The quantitative estimate of drug-likeness (QED) is 0.0853. The van der Waals surface area contributed by atoms with E-state index in [-0.39, 0.29) is 0 Å². The van der Waals surface area contributed by atoms with Crippen molar-refractivity contribution >= 4 is 5.84 Å². The third-order valence-corrected chi connectivity index (χ3v) is 8.88. The van der Waals surface area contributed by atoms with Gasteiger partial charge in [0, 0.05) is 50.4 Å². The molecule has 3 rings (SSSR count). The van der Waals surface area contributed by atoms with Crippen molar-refractivity contribution in [2.45, 2.75) is 107 Å². The molecule has 0 saturated carbocycles. The van der Waals surface area contributed by atoms with Gasteiger partial charge in [0.1, 0.15) is 5.84 Å². The molecule has 2 aliphatic heterocycles. The lowest BCUT2D eigenvalue weighted by Crippen LogP contribution is -2.60. The van der Waals surface area contributed by atoms with Crippen molar-refractivity contribution in [3.63, 3.8) is 0 Å². The molecule has 0 spiro atoms. The van der Waals surface area contributed by atoms with E-state index in [1.807, 2.05) is 47.0 Å². The van der Waals surface area contributed by atoms with Crippen molar-refractivity contribution in [1.29, 1.82) is 5.41 Å². The molecule has 1 saturated heterocycles. The molecule has 3 unspecified atom stereocenters. The third kappa shape index (κ3) is 17.9. The van der Waals surface area contributed by atoms with E-state index in [0.29, 0.717) is 29.6 Å². The van der Waals surface area contributed by atoms with Gasteiger partial charge in [-0.25, -0.2) is 0 Å². The van der Waals surface area contributed by atoms with Crippen LogP contribution in [0.3, 0.4) is 0 Å². The second kappa shape index (κ2) is 28.9. The van der Waals surface area contributed by atoms with Crippen LogP contribution in [0.5, 0.6) is 0 Å². The lowest BCUT2D eigenvalue weighted by Gasteiger charge is -2.52. The number of benzene rings is 1. The van der Waals surface area contributed by atoms with Crippen LogP contribution in [0, 0.1) is 42.9 Å². The Morgan fingerprint density at radius 1 is 1.15 bits per heavy atom. The third-order valence-electron chi connectivity index (χ3n) is 8.88. The second-order valence-electron chi connectivity index (χ2n) is 12.8. The fourth-order valence-electron chi connectivity index (χ4n) is 5.80.